The zero-order valence-electron chi connectivity index (χ0n) is 16.3. The summed E-state index contributed by atoms with van der Waals surface area (Å²) in [7, 11) is 1.37. The monoisotopic (exact) mass is 390 g/mol. The second kappa shape index (κ2) is 7.80. The molecule has 1 aliphatic rings. The van der Waals surface area contributed by atoms with Crippen LogP contribution in [0.25, 0.3) is 16.9 Å². The van der Waals surface area contributed by atoms with E-state index in [-0.39, 0.29) is 6.09 Å². The highest BCUT2D eigenvalue weighted by Crippen LogP contribution is 2.32. The quantitative estimate of drug-likeness (QED) is 0.694. The van der Waals surface area contributed by atoms with Crippen LogP contribution in [0.2, 0.25) is 0 Å². The van der Waals surface area contributed by atoms with E-state index in [4.69, 9.17) is 5.26 Å². The molecule has 1 fully saturated rings. The van der Waals surface area contributed by atoms with E-state index in [1.165, 1.54) is 7.11 Å². The molecule has 3 aromatic heterocycles. The van der Waals surface area contributed by atoms with Crippen molar-refractivity contribution in [2.75, 3.05) is 19.0 Å². The number of ether oxygens (including phenoxy) is 1. The number of nitrogens with one attached hydrogen (secondary N) is 2. The molecule has 3 aromatic rings. The van der Waals surface area contributed by atoms with E-state index in [9.17, 15) is 4.79 Å². The molecule has 0 radical (unpaired) electrons. The number of methoxy groups -OCH3 is 1. The number of fused-ring (bicyclic) bond motifs is 1. The highest BCUT2D eigenvalue weighted by atomic mass is 16.5. The number of carbonyl (C=O) groups is 1. The molecule has 0 unspecified atom stereocenters. The van der Waals surface area contributed by atoms with Gasteiger partial charge in [0.05, 0.1) is 35.8 Å². The van der Waals surface area contributed by atoms with E-state index in [0.29, 0.717) is 24.1 Å². The molecule has 8 heteroatoms. The minimum Gasteiger partial charge on any atom is -0.453 e. The minimum atomic E-state index is -0.383. The molecule has 0 atom stereocenters. The summed E-state index contributed by atoms with van der Waals surface area (Å²) in [6, 6.07) is 10.2. The summed E-state index contributed by atoms with van der Waals surface area (Å²) in [6.45, 7) is 2.67. The Kier molecular flexibility index (Phi) is 5.04. The Balaban J connectivity index is 1.47. The summed E-state index contributed by atoms with van der Waals surface area (Å²) >= 11 is 0. The first-order valence-electron chi connectivity index (χ1n) is 9.50. The average Bonchev–Trinajstić information content (AvgIpc) is 3.13. The number of amides is 1. The van der Waals surface area contributed by atoms with Crippen LogP contribution in [0.1, 0.15) is 24.0 Å². The van der Waals surface area contributed by atoms with Crippen molar-refractivity contribution in [2.45, 2.75) is 25.8 Å². The SMILES string of the molecule is COC(=O)NCC1CC(Nc2cc(-c3ccc4cc(C#N)cnn34)ncc2C)C1. The third kappa shape index (κ3) is 3.85. The van der Waals surface area contributed by atoms with Crippen molar-refractivity contribution in [3.05, 3.63) is 47.8 Å². The lowest BCUT2D eigenvalue weighted by Crippen LogP contribution is -2.42. The van der Waals surface area contributed by atoms with Gasteiger partial charge in [-0.25, -0.2) is 9.31 Å². The van der Waals surface area contributed by atoms with Crippen molar-refractivity contribution in [3.8, 4) is 17.5 Å². The lowest BCUT2D eigenvalue weighted by atomic mass is 9.80. The molecule has 29 heavy (non-hydrogen) atoms. The average molecular weight is 390 g/mol. The van der Waals surface area contributed by atoms with Crippen LogP contribution in [-0.2, 0) is 4.74 Å². The second-order valence-corrected chi connectivity index (χ2v) is 7.35. The van der Waals surface area contributed by atoms with Gasteiger partial charge >= 0.3 is 6.09 Å². The Morgan fingerprint density at radius 1 is 1.34 bits per heavy atom. The van der Waals surface area contributed by atoms with Crippen LogP contribution in [0.5, 0.6) is 0 Å². The lowest BCUT2D eigenvalue weighted by Gasteiger charge is -2.36. The summed E-state index contributed by atoms with van der Waals surface area (Å²) in [5.41, 5.74) is 5.20. The molecule has 0 spiro atoms. The molecule has 0 aromatic carbocycles. The first kappa shape index (κ1) is 18.7. The lowest BCUT2D eigenvalue weighted by molar-refractivity contribution is 0.164. The van der Waals surface area contributed by atoms with Crippen LogP contribution in [-0.4, -0.2) is 40.4 Å². The topological polar surface area (TPSA) is 104 Å². The van der Waals surface area contributed by atoms with E-state index in [2.05, 4.69) is 31.5 Å². The van der Waals surface area contributed by atoms with Crippen LogP contribution in [0.4, 0.5) is 10.5 Å². The first-order chi connectivity index (χ1) is 14.1. The summed E-state index contributed by atoms with van der Waals surface area (Å²) in [5.74, 6) is 0.460. The fraction of sp³-hybridized carbons (Fsp3) is 0.333. The Hall–Kier alpha value is -3.60. The number of alkyl carbamates (subject to hydrolysis) is 1. The highest BCUT2D eigenvalue weighted by Gasteiger charge is 2.29. The predicted octanol–water partition coefficient (Wildman–Crippen LogP) is 3.12. The fourth-order valence-electron chi connectivity index (χ4n) is 3.61. The number of nitriles is 1. The number of pyridine rings is 1. The van der Waals surface area contributed by atoms with Gasteiger partial charge in [-0.1, -0.05) is 0 Å². The summed E-state index contributed by atoms with van der Waals surface area (Å²) in [4.78, 5) is 15.7. The van der Waals surface area contributed by atoms with Crippen molar-refractivity contribution < 1.29 is 9.53 Å². The van der Waals surface area contributed by atoms with Gasteiger partial charge in [-0.05, 0) is 55.5 Å². The minimum absolute atomic E-state index is 0.369. The molecule has 0 bridgehead atoms. The summed E-state index contributed by atoms with van der Waals surface area (Å²) < 4.78 is 6.40. The molecule has 0 saturated heterocycles. The zero-order chi connectivity index (χ0) is 20.4. The molecule has 148 valence electrons. The molecule has 1 amide bonds. The van der Waals surface area contributed by atoms with Crippen LogP contribution in [0, 0.1) is 24.2 Å². The van der Waals surface area contributed by atoms with Gasteiger partial charge < -0.3 is 15.4 Å². The van der Waals surface area contributed by atoms with Crippen LogP contribution < -0.4 is 10.6 Å². The molecule has 1 saturated carbocycles. The van der Waals surface area contributed by atoms with Gasteiger partial charge in [0.2, 0.25) is 0 Å². The molecule has 1 aliphatic carbocycles. The van der Waals surface area contributed by atoms with Gasteiger partial charge in [0.15, 0.2) is 0 Å². The standard InChI is InChI=1S/C21H22N6O2/c1-13-10-23-19(20-4-3-17-7-15(9-22)12-25-27(17)20)8-18(13)26-16-5-14(6-16)11-24-21(28)29-2/h3-4,7-8,10,12,14,16H,5-6,11H2,1-2H3,(H,23,26)(H,24,28). The molecule has 2 N–H and O–H groups in total. The van der Waals surface area contributed by atoms with Crippen molar-refractivity contribution in [1.82, 2.24) is 19.9 Å². The number of carbonyl (C=O) groups excluding carboxylic acids is 1. The Labute approximate surface area is 168 Å². The van der Waals surface area contributed by atoms with E-state index < -0.39 is 0 Å². The fourth-order valence-corrected chi connectivity index (χ4v) is 3.61. The largest absolute Gasteiger partial charge is 0.453 e. The number of aromatic nitrogens is 3. The summed E-state index contributed by atoms with van der Waals surface area (Å²) in [6.07, 6.45) is 5.02. The molecular weight excluding hydrogens is 368 g/mol. The van der Waals surface area contributed by atoms with E-state index in [0.717, 1.165) is 41.0 Å². The Bertz CT molecular complexity index is 1090. The smallest absolute Gasteiger partial charge is 0.406 e. The Morgan fingerprint density at radius 2 is 2.17 bits per heavy atom. The number of nitrogens with zero attached hydrogens (tertiary/aromatic N) is 4. The highest BCUT2D eigenvalue weighted by molar-refractivity contribution is 5.69. The van der Waals surface area contributed by atoms with Crippen molar-refractivity contribution in [1.29, 1.82) is 5.26 Å². The van der Waals surface area contributed by atoms with E-state index in [1.54, 1.807) is 16.8 Å². The van der Waals surface area contributed by atoms with Gasteiger partial charge in [0, 0.05) is 24.5 Å². The van der Waals surface area contributed by atoms with Gasteiger partial charge in [0.1, 0.15) is 6.07 Å². The van der Waals surface area contributed by atoms with Gasteiger partial charge in [0.25, 0.3) is 0 Å². The molecule has 4 rings (SSSR count). The third-order valence-electron chi connectivity index (χ3n) is 5.31. The number of aryl methyl sites for hydroxylation is 1. The van der Waals surface area contributed by atoms with E-state index in [1.807, 2.05) is 31.3 Å². The maximum absolute atomic E-state index is 11.2. The Morgan fingerprint density at radius 3 is 2.93 bits per heavy atom. The number of hydrogen-bond acceptors (Lipinski definition) is 6. The predicted molar refractivity (Wildman–Crippen MR) is 108 cm³/mol. The van der Waals surface area contributed by atoms with Gasteiger partial charge in [-0.15, -0.1) is 0 Å². The summed E-state index contributed by atoms with van der Waals surface area (Å²) in [5, 5.41) is 19.8. The molecule has 3 heterocycles. The normalized spacial score (nSPS) is 18.0. The van der Waals surface area contributed by atoms with Crippen molar-refractivity contribution >= 4 is 17.3 Å². The molecular formula is C21H22N6O2. The van der Waals surface area contributed by atoms with E-state index >= 15 is 0 Å². The van der Waals surface area contributed by atoms with Crippen LogP contribution in [0.3, 0.4) is 0 Å². The number of hydrogen-bond donors (Lipinski definition) is 2. The van der Waals surface area contributed by atoms with Crippen molar-refractivity contribution in [3.63, 3.8) is 0 Å². The molecule has 8 nitrogen and oxygen atoms in total. The number of rotatable bonds is 5. The number of anilines is 1. The van der Waals surface area contributed by atoms with Gasteiger partial charge in [-0.2, -0.15) is 10.4 Å². The first-order valence-corrected chi connectivity index (χ1v) is 9.50. The van der Waals surface area contributed by atoms with Gasteiger partial charge in [-0.3, -0.25) is 4.98 Å². The second-order valence-electron chi connectivity index (χ2n) is 7.35. The van der Waals surface area contributed by atoms with Crippen LogP contribution in [0.15, 0.2) is 36.7 Å². The zero-order valence-corrected chi connectivity index (χ0v) is 16.3. The maximum atomic E-state index is 11.2. The van der Waals surface area contributed by atoms with Crippen molar-refractivity contribution in [2.24, 2.45) is 5.92 Å². The maximum Gasteiger partial charge on any atom is 0.406 e. The third-order valence-corrected chi connectivity index (χ3v) is 5.31. The molecule has 0 aliphatic heterocycles. The van der Waals surface area contributed by atoms with Crippen LogP contribution >= 0.6 is 0 Å².